The number of aryl methyl sites for hydroxylation is 1. The Hall–Kier alpha value is -3.23. The highest BCUT2D eigenvalue weighted by Crippen LogP contribution is 2.31. The van der Waals surface area contributed by atoms with E-state index in [9.17, 15) is 13.2 Å². The second-order valence-corrected chi connectivity index (χ2v) is 9.53. The number of thiazole rings is 1. The second-order valence-electron chi connectivity index (χ2n) is 6.85. The molecule has 0 bridgehead atoms. The van der Waals surface area contributed by atoms with Gasteiger partial charge in [0.1, 0.15) is 9.90 Å². The van der Waals surface area contributed by atoms with Gasteiger partial charge in [-0.15, -0.1) is 11.3 Å². The number of hydrogen-bond donors (Lipinski definition) is 2. The van der Waals surface area contributed by atoms with Crippen molar-refractivity contribution >= 4 is 48.9 Å². The first-order valence-electron chi connectivity index (χ1n) is 9.19. The Balaban J connectivity index is 1.61. The maximum atomic E-state index is 13.0. The molecule has 0 unspecified atom stereocenters. The first-order chi connectivity index (χ1) is 14.3. The van der Waals surface area contributed by atoms with Crippen molar-refractivity contribution in [3.63, 3.8) is 0 Å². The Morgan fingerprint density at radius 2 is 1.73 bits per heavy atom. The summed E-state index contributed by atoms with van der Waals surface area (Å²) in [5.41, 5.74) is 3.29. The topological polar surface area (TPSA) is 88.2 Å². The summed E-state index contributed by atoms with van der Waals surface area (Å²) in [6, 6.07) is 19.8. The van der Waals surface area contributed by atoms with Crippen LogP contribution < -0.4 is 10.0 Å². The number of para-hydroxylation sites is 1. The highest BCUT2D eigenvalue weighted by Gasteiger charge is 2.20. The van der Waals surface area contributed by atoms with Gasteiger partial charge in [-0.1, -0.05) is 18.2 Å². The van der Waals surface area contributed by atoms with Gasteiger partial charge in [-0.25, -0.2) is 13.4 Å². The molecule has 0 fully saturated rings. The van der Waals surface area contributed by atoms with Crippen LogP contribution in [0.1, 0.15) is 12.5 Å². The maximum absolute atomic E-state index is 13.0. The normalized spacial score (nSPS) is 11.4. The molecule has 30 heavy (non-hydrogen) atoms. The van der Waals surface area contributed by atoms with Crippen molar-refractivity contribution in [3.05, 3.63) is 72.3 Å². The number of nitrogens with zero attached hydrogens (tertiary/aromatic N) is 1. The first kappa shape index (κ1) is 20.1. The molecular formula is C22H19N3O3S2. The SMILES string of the molecule is CC(=O)Nc1ccc(C)cc1S(=O)(=O)Nc1ccc(-c2nc3ccccc3s2)cc1. The third-order valence-corrected chi connectivity index (χ3v) is 6.92. The fourth-order valence-electron chi connectivity index (χ4n) is 3.03. The van der Waals surface area contributed by atoms with Gasteiger partial charge >= 0.3 is 0 Å². The van der Waals surface area contributed by atoms with E-state index in [1.165, 1.54) is 13.0 Å². The molecule has 2 N–H and O–H groups in total. The van der Waals surface area contributed by atoms with Crippen molar-refractivity contribution in [3.8, 4) is 10.6 Å². The quantitative estimate of drug-likeness (QED) is 0.458. The second kappa shape index (κ2) is 7.89. The van der Waals surface area contributed by atoms with Gasteiger partial charge in [0, 0.05) is 18.2 Å². The average Bonchev–Trinajstić information content (AvgIpc) is 3.13. The number of fused-ring (bicyclic) bond motifs is 1. The van der Waals surface area contributed by atoms with Gasteiger partial charge in [0.2, 0.25) is 5.91 Å². The number of carbonyl (C=O) groups excluding carboxylic acids is 1. The van der Waals surface area contributed by atoms with Crippen molar-refractivity contribution in [1.82, 2.24) is 4.98 Å². The van der Waals surface area contributed by atoms with Gasteiger partial charge in [0.05, 0.1) is 15.9 Å². The molecule has 4 aromatic rings. The number of anilines is 2. The smallest absolute Gasteiger partial charge is 0.263 e. The molecule has 1 heterocycles. The van der Waals surface area contributed by atoms with E-state index >= 15 is 0 Å². The summed E-state index contributed by atoms with van der Waals surface area (Å²) in [7, 11) is -3.89. The summed E-state index contributed by atoms with van der Waals surface area (Å²) in [6.07, 6.45) is 0. The van der Waals surface area contributed by atoms with Gasteiger partial charge in [-0.2, -0.15) is 0 Å². The number of sulfonamides is 1. The Kier molecular flexibility index (Phi) is 5.27. The van der Waals surface area contributed by atoms with Crippen LogP contribution in [0.2, 0.25) is 0 Å². The van der Waals surface area contributed by atoms with Gasteiger partial charge in [0.15, 0.2) is 0 Å². The number of carbonyl (C=O) groups is 1. The summed E-state index contributed by atoms with van der Waals surface area (Å²) < 4.78 is 29.6. The van der Waals surface area contributed by atoms with E-state index in [2.05, 4.69) is 15.0 Å². The van der Waals surface area contributed by atoms with Crippen molar-refractivity contribution in [2.75, 3.05) is 10.0 Å². The minimum absolute atomic E-state index is 0.0212. The molecule has 1 amide bonds. The van der Waals surface area contributed by atoms with Crippen molar-refractivity contribution in [2.24, 2.45) is 0 Å². The van der Waals surface area contributed by atoms with E-state index in [1.807, 2.05) is 36.4 Å². The highest BCUT2D eigenvalue weighted by atomic mass is 32.2. The third kappa shape index (κ3) is 4.19. The lowest BCUT2D eigenvalue weighted by Crippen LogP contribution is -2.17. The molecular weight excluding hydrogens is 418 g/mol. The lowest BCUT2D eigenvalue weighted by atomic mass is 10.2. The number of rotatable bonds is 5. The van der Waals surface area contributed by atoms with Crippen molar-refractivity contribution in [2.45, 2.75) is 18.7 Å². The molecule has 0 aliphatic rings. The van der Waals surface area contributed by atoms with Crippen molar-refractivity contribution < 1.29 is 13.2 Å². The van der Waals surface area contributed by atoms with Gasteiger partial charge in [0.25, 0.3) is 10.0 Å². The molecule has 0 spiro atoms. The molecule has 152 valence electrons. The zero-order chi connectivity index (χ0) is 21.3. The van der Waals surface area contributed by atoms with E-state index in [1.54, 1.807) is 42.5 Å². The Bertz CT molecular complexity index is 1310. The summed E-state index contributed by atoms with van der Waals surface area (Å²) in [5.74, 6) is -0.338. The van der Waals surface area contributed by atoms with Crippen LogP contribution in [0, 0.1) is 6.92 Å². The minimum atomic E-state index is -3.89. The Morgan fingerprint density at radius 3 is 2.43 bits per heavy atom. The van der Waals surface area contributed by atoms with E-state index in [0.29, 0.717) is 5.69 Å². The largest absolute Gasteiger partial charge is 0.325 e. The number of amides is 1. The van der Waals surface area contributed by atoms with Crippen LogP contribution in [0.25, 0.3) is 20.8 Å². The van der Waals surface area contributed by atoms with Crippen LogP contribution in [0.3, 0.4) is 0 Å². The molecule has 1 aromatic heterocycles. The number of aromatic nitrogens is 1. The van der Waals surface area contributed by atoms with Crippen LogP contribution in [0.15, 0.2) is 71.6 Å². The van der Waals surface area contributed by atoms with Crippen LogP contribution in [0.5, 0.6) is 0 Å². The highest BCUT2D eigenvalue weighted by molar-refractivity contribution is 7.92. The molecule has 0 saturated carbocycles. The van der Waals surface area contributed by atoms with Crippen LogP contribution >= 0.6 is 11.3 Å². The summed E-state index contributed by atoms with van der Waals surface area (Å²) in [5, 5.41) is 3.44. The Labute approximate surface area is 178 Å². The predicted octanol–water partition coefficient (Wildman–Crippen LogP) is 5.03. The summed E-state index contributed by atoms with van der Waals surface area (Å²) in [4.78, 5) is 16.1. The molecule has 8 heteroatoms. The fourth-order valence-corrected chi connectivity index (χ4v) is 5.31. The molecule has 0 aliphatic carbocycles. The summed E-state index contributed by atoms with van der Waals surface area (Å²) in [6.45, 7) is 3.13. The fraction of sp³-hybridized carbons (Fsp3) is 0.0909. The summed E-state index contributed by atoms with van der Waals surface area (Å²) >= 11 is 1.59. The van der Waals surface area contributed by atoms with E-state index in [0.717, 1.165) is 26.4 Å². The number of nitrogens with one attached hydrogen (secondary N) is 2. The van der Waals surface area contributed by atoms with E-state index in [-0.39, 0.29) is 16.5 Å². The first-order valence-corrected chi connectivity index (χ1v) is 11.5. The van der Waals surface area contributed by atoms with E-state index < -0.39 is 10.0 Å². The van der Waals surface area contributed by atoms with Gasteiger partial charge in [-0.05, 0) is 61.0 Å². The predicted molar refractivity (Wildman–Crippen MR) is 121 cm³/mol. The third-order valence-electron chi connectivity index (χ3n) is 4.42. The molecule has 3 aromatic carbocycles. The monoisotopic (exact) mass is 437 g/mol. The lowest BCUT2D eigenvalue weighted by molar-refractivity contribution is -0.114. The maximum Gasteiger partial charge on any atom is 0.263 e. The number of benzene rings is 3. The molecule has 0 aliphatic heterocycles. The van der Waals surface area contributed by atoms with Gasteiger partial charge < -0.3 is 5.32 Å². The number of hydrogen-bond acceptors (Lipinski definition) is 5. The Morgan fingerprint density at radius 1 is 1.00 bits per heavy atom. The average molecular weight is 438 g/mol. The lowest BCUT2D eigenvalue weighted by Gasteiger charge is -2.13. The van der Waals surface area contributed by atoms with Crippen LogP contribution in [-0.2, 0) is 14.8 Å². The van der Waals surface area contributed by atoms with Crippen molar-refractivity contribution in [1.29, 1.82) is 0 Å². The molecule has 0 radical (unpaired) electrons. The minimum Gasteiger partial charge on any atom is -0.325 e. The standard InChI is InChI=1S/C22H19N3O3S2/c1-14-7-12-19(23-15(2)26)21(13-14)30(27,28)25-17-10-8-16(9-11-17)22-24-18-5-3-4-6-20(18)29-22/h3-13,25H,1-2H3,(H,23,26). The van der Waals surface area contributed by atoms with Gasteiger partial charge in [-0.3, -0.25) is 9.52 Å². The molecule has 0 saturated heterocycles. The van der Waals surface area contributed by atoms with Crippen LogP contribution in [-0.4, -0.2) is 19.3 Å². The van der Waals surface area contributed by atoms with E-state index in [4.69, 9.17) is 0 Å². The molecule has 6 nitrogen and oxygen atoms in total. The zero-order valence-corrected chi connectivity index (χ0v) is 18.0. The zero-order valence-electron chi connectivity index (χ0n) is 16.3. The molecule has 0 atom stereocenters. The molecule has 4 rings (SSSR count). The van der Waals surface area contributed by atoms with Crippen LogP contribution in [0.4, 0.5) is 11.4 Å².